The van der Waals surface area contributed by atoms with E-state index in [-0.39, 0.29) is 56.2 Å². The largest absolute Gasteiger partial charge is 0.508 e. The number of aromatic hydroxyl groups is 2. The van der Waals surface area contributed by atoms with Crippen LogP contribution in [0, 0.1) is 17.8 Å². The molecule has 0 spiro atoms. The predicted octanol–water partition coefficient (Wildman–Crippen LogP) is 5.51. The van der Waals surface area contributed by atoms with Gasteiger partial charge in [0, 0.05) is 48.8 Å². The highest BCUT2D eigenvalue weighted by Gasteiger charge is 2.55. The van der Waals surface area contributed by atoms with Crippen LogP contribution in [0.4, 0.5) is 0 Å². The number of aliphatic hydroxyl groups excluding tert-OH is 2. The van der Waals surface area contributed by atoms with Crippen LogP contribution in [0.5, 0.6) is 28.7 Å². The minimum Gasteiger partial charge on any atom is -0.508 e. The van der Waals surface area contributed by atoms with Crippen LogP contribution in [0.15, 0.2) is 59.6 Å². The van der Waals surface area contributed by atoms with Crippen molar-refractivity contribution in [2.24, 2.45) is 10.9 Å². The maximum absolute atomic E-state index is 11.4. The van der Waals surface area contributed by atoms with Gasteiger partial charge in [0.15, 0.2) is 17.6 Å². The molecule has 8 N–H and O–H groups in total. The standard InChI is InChI=1S/C57H70N4O9/c1-34(2)27-56(3,66)31-58-32-60-51-11-7-10-41(29-62)68-50-25-37(13-19-49(50)65)55-57(51,67-33-61-39-8-5-4-6-9-39)28-47-46-24-38(23-35-12-18-48-36(22-35)20-21-59-48)45-26-40(64)14-16-43(45)52(46)54-44(53(47)70-55)17-15-42(30-63)69-54/h12-14,16,18-20,22,25-26,34,38-39,41-42,51,55,58,60-66H,4-6,8-10,15,17,21,23-24,27-33H2,1-3H3/t38-,41-,42-,51+,55+,56+,57-/m0/s1. The molecule has 4 aliphatic heterocycles. The van der Waals surface area contributed by atoms with Gasteiger partial charge in [0.1, 0.15) is 41.1 Å². The lowest BCUT2D eigenvalue weighted by Crippen LogP contribution is -2.62. The highest BCUT2D eigenvalue weighted by Crippen LogP contribution is 2.58. The first kappa shape index (κ1) is 48.5. The molecule has 10 rings (SSSR count). The summed E-state index contributed by atoms with van der Waals surface area (Å²) >= 11 is 0. The molecule has 70 heavy (non-hydrogen) atoms. The summed E-state index contributed by atoms with van der Waals surface area (Å²) in [7, 11) is 0. The fourth-order valence-corrected chi connectivity index (χ4v) is 12.1. The number of nitrogens with zero attached hydrogens (tertiary/aromatic N) is 1. The molecule has 13 nitrogen and oxygen atoms in total. The highest BCUT2D eigenvalue weighted by atomic mass is 16.6. The van der Waals surface area contributed by atoms with Crippen LogP contribution in [-0.4, -0.2) is 101 Å². The van der Waals surface area contributed by atoms with Gasteiger partial charge in [-0.2, -0.15) is 0 Å². The number of aliphatic hydroxyl groups is 3. The van der Waals surface area contributed by atoms with Crippen molar-refractivity contribution in [3.05, 3.63) is 98.6 Å². The van der Waals surface area contributed by atoms with Crippen LogP contribution in [0.25, 0.3) is 17.2 Å². The first-order chi connectivity index (χ1) is 33.9. The van der Waals surface area contributed by atoms with Crippen molar-refractivity contribution in [1.82, 2.24) is 16.0 Å². The molecule has 372 valence electrons. The predicted molar refractivity (Wildman–Crippen MR) is 268 cm³/mol. The topological polar surface area (TPSA) is 187 Å². The van der Waals surface area contributed by atoms with Crippen LogP contribution in [0.3, 0.4) is 0 Å². The Kier molecular flexibility index (Phi) is 14.2. The molecule has 7 atom stereocenters. The van der Waals surface area contributed by atoms with E-state index < -0.39 is 35.6 Å². The van der Waals surface area contributed by atoms with E-state index in [1.807, 2.05) is 25.1 Å². The minimum absolute atomic E-state index is 0.0377. The van der Waals surface area contributed by atoms with Crippen LogP contribution in [0.1, 0.15) is 118 Å². The molecule has 0 amide bonds. The Balaban J connectivity index is 1.16. The van der Waals surface area contributed by atoms with Crippen molar-refractivity contribution in [2.45, 2.75) is 145 Å². The summed E-state index contributed by atoms with van der Waals surface area (Å²) in [6.45, 7) is 7.15. The zero-order valence-corrected chi connectivity index (χ0v) is 40.9. The summed E-state index contributed by atoms with van der Waals surface area (Å²) in [5.41, 5.74) is 5.65. The van der Waals surface area contributed by atoms with E-state index in [0.29, 0.717) is 74.9 Å². The average molecular weight is 955 g/mol. The molecule has 0 aromatic heterocycles. The number of phenols is 2. The second-order valence-corrected chi connectivity index (χ2v) is 21.2. The van der Waals surface area contributed by atoms with E-state index in [1.54, 1.807) is 18.2 Å². The SMILES string of the molecule is CC(C)C[C@@](C)(O)CNCN[C@@H]1C#CC[C@@H](CO)Oc2cc(ccc2O)[C@H]2Oc3c(c4c(c5c3CC[C@@H](CO)O5)-c3ccc(O)cc3[C@@H](Cc3ccc5c(c3)=CCN=5)C4)C[C@@]21OCNC1CCCCC1. The third-order valence-corrected chi connectivity index (χ3v) is 15.3. The molecule has 1 fully saturated rings. The summed E-state index contributed by atoms with van der Waals surface area (Å²) in [6.07, 6.45) is 9.54. The third-order valence-electron chi connectivity index (χ3n) is 15.3. The molecule has 13 heteroatoms. The van der Waals surface area contributed by atoms with E-state index in [9.17, 15) is 25.5 Å². The Morgan fingerprint density at radius 3 is 2.56 bits per heavy atom. The Hall–Kier alpha value is -5.17. The number of fused-ring (bicyclic) bond motifs is 13. The van der Waals surface area contributed by atoms with Crippen molar-refractivity contribution in [2.75, 3.05) is 39.7 Å². The summed E-state index contributed by atoms with van der Waals surface area (Å²) < 4.78 is 28.3. The smallest absolute Gasteiger partial charge is 0.161 e. The number of hydrogen-bond donors (Lipinski definition) is 8. The molecular weight excluding hydrogens is 885 g/mol. The van der Waals surface area contributed by atoms with Crippen LogP contribution in [0.2, 0.25) is 0 Å². The number of phenolic OH excluding ortho intramolecular Hbond substituents is 2. The summed E-state index contributed by atoms with van der Waals surface area (Å²) in [6, 6.07) is 17.0. The Bertz CT molecular complexity index is 2760. The average Bonchev–Trinajstić information content (AvgIpc) is 3.82. The van der Waals surface area contributed by atoms with E-state index in [0.717, 1.165) is 75.4 Å². The Morgan fingerprint density at radius 2 is 1.74 bits per heavy atom. The van der Waals surface area contributed by atoms with Gasteiger partial charge in [-0.1, -0.05) is 69.2 Å². The van der Waals surface area contributed by atoms with Crippen molar-refractivity contribution >= 4 is 6.08 Å². The lowest BCUT2D eigenvalue weighted by atomic mass is 9.69. The molecule has 6 aliphatic rings. The van der Waals surface area contributed by atoms with Crippen molar-refractivity contribution < 1.29 is 44.5 Å². The van der Waals surface area contributed by atoms with Crippen LogP contribution in [-0.2, 0) is 30.4 Å². The van der Waals surface area contributed by atoms with Gasteiger partial charge in [-0.05, 0) is 133 Å². The van der Waals surface area contributed by atoms with Crippen LogP contribution >= 0.6 is 0 Å². The highest BCUT2D eigenvalue weighted by molar-refractivity contribution is 5.85. The van der Waals surface area contributed by atoms with E-state index in [4.69, 9.17) is 18.9 Å². The zero-order valence-electron chi connectivity index (χ0n) is 40.9. The van der Waals surface area contributed by atoms with Crippen LogP contribution < -0.4 is 40.7 Å². The molecule has 4 heterocycles. The lowest BCUT2D eigenvalue weighted by Gasteiger charge is -2.50. The second kappa shape index (κ2) is 20.5. The molecule has 1 saturated carbocycles. The van der Waals surface area contributed by atoms with Gasteiger partial charge in [0.2, 0.25) is 0 Å². The Labute approximate surface area is 411 Å². The number of rotatable bonds is 15. The normalized spacial score (nSPS) is 25.2. The number of hydrogen-bond acceptors (Lipinski definition) is 13. The first-order valence-electron chi connectivity index (χ1n) is 25.7. The quantitative estimate of drug-likeness (QED) is 0.0426. The molecule has 4 aromatic carbocycles. The fourth-order valence-electron chi connectivity index (χ4n) is 12.1. The molecule has 2 bridgehead atoms. The minimum atomic E-state index is -1.23. The van der Waals surface area contributed by atoms with Crippen molar-refractivity contribution in [1.29, 1.82) is 0 Å². The third kappa shape index (κ3) is 9.89. The maximum atomic E-state index is 11.4. The second-order valence-electron chi connectivity index (χ2n) is 21.2. The Morgan fingerprint density at radius 1 is 0.900 bits per heavy atom. The van der Waals surface area contributed by atoms with E-state index in [1.165, 1.54) is 12.0 Å². The van der Waals surface area contributed by atoms with E-state index >= 15 is 0 Å². The van der Waals surface area contributed by atoms with Gasteiger partial charge in [0.25, 0.3) is 0 Å². The molecule has 0 unspecified atom stereocenters. The van der Waals surface area contributed by atoms with E-state index in [2.05, 4.69) is 70.9 Å². The van der Waals surface area contributed by atoms with Gasteiger partial charge < -0.3 is 49.8 Å². The molecule has 4 aromatic rings. The van der Waals surface area contributed by atoms with Gasteiger partial charge >= 0.3 is 0 Å². The number of ether oxygens (including phenoxy) is 4. The zero-order chi connectivity index (χ0) is 48.6. The summed E-state index contributed by atoms with van der Waals surface area (Å²) in [5, 5.41) is 68.0. The number of nitrogens with one attached hydrogen (secondary N) is 3. The first-order valence-corrected chi connectivity index (χ1v) is 25.7. The summed E-state index contributed by atoms with van der Waals surface area (Å²) in [4.78, 5) is 4.64. The van der Waals surface area contributed by atoms with Gasteiger partial charge in [-0.3, -0.25) is 15.6 Å². The van der Waals surface area contributed by atoms with Gasteiger partial charge in [-0.25, -0.2) is 0 Å². The molecular formula is C57H70N4O9. The molecule has 0 radical (unpaired) electrons. The van der Waals surface area contributed by atoms with Crippen molar-refractivity contribution in [3.63, 3.8) is 0 Å². The molecule has 2 aliphatic carbocycles. The lowest BCUT2D eigenvalue weighted by molar-refractivity contribution is -0.144. The van der Waals surface area contributed by atoms with Gasteiger partial charge in [0.05, 0.1) is 37.4 Å². The monoisotopic (exact) mass is 955 g/mol. The summed E-state index contributed by atoms with van der Waals surface area (Å²) in [5.74, 6) is 8.99. The van der Waals surface area contributed by atoms with Gasteiger partial charge in [-0.15, -0.1) is 0 Å². The maximum Gasteiger partial charge on any atom is 0.161 e. The molecule has 0 saturated heterocycles. The van der Waals surface area contributed by atoms with Crippen molar-refractivity contribution in [3.8, 4) is 51.7 Å². The number of benzene rings is 4. The fraction of sp³-hybridized carbons (Fsp3) is 0.526.